The van der Waals surface area contributed by atoms with Gasteiger partial charge in [-0.1, -0.05) is 36.4 Å². The Bertz CT molecular complexity index is 969. The second-order valence-corrected chi connectivity index (χ2v) is 7.24. The third-order valence-electron chi connectivity index (χ3n) is 4.86. The summed E-state index contributed by atoms with van der Waals surface area (Å²) in [7, 11) is 3.05. The van der Waals surface area contributed by atoms with Crippen LogP contribution in [-0.2, 0) is 21.7 Å². The summed E-state index contributed by atoms with van der Waals surface area (Å²) >= 11 is 0. The van der Waals surface area contributed by atoms with Crippen LogP contribution in [0.25, 0.3) is 0 Å². The molecule has 1 atom stereocenters. The van der Waals surface area contributed by atoms with Crippen molar-refractivity contribution in [2.24, 2.45) is 0 Å². The molecule has 4 amide bonds. The van der Waals surface area contributed by atoms with Gasteiger partial charge in [0.15, 0.2) is 11.6 Å². The standard InChI is InChI=1S/C21H23FN4O4/c1-21(15-7-5-4-6-8-15)19(28)26(20(29)23-21)24-18(27)13-25(2)12-14-9-10-17(30-3)16(22)11-14/h4-11H,12-13H2,1-3H3,(H,23,29)(H,24,27)/t21-/m1/s1. The van der Waals surface area contributed by atoms with E-state index in [-0.39, 0.29) is 18.8 Å². The first-order valence-corrected chi connectivity index (χ1v) is 9.27. The van der Waals surface area contributed by atoms with Gasteiger partial charge in [-0.05, 0) is 37.2 Å². The van der Waals surface area contributed by atoms with Crippen molar-refractivity contribution >= 4 is 17.8 Å². The summed E-state index contributed by atoms with van der Waals surface area (Å²) < 4.78 is 18.7. The number of likely N-dealkylation sites (N-methyl/N-ethyl adjacent to an activating group) is 1. The number of hydrogen-bond acceptors (Lipinski definition) is 5. The number of hydrogen-bond donors (Lipinski definition) is 2. The zero-order valence-corrected chi connectivity index (χ0v) is 16.9. The van der Waals surface area contributed by atoms with Crippen LogP contribution >= 0.6 is 0 Å². The van der Waals surface area contributed by atoms with Crippen LogP contribution in [-0.4, -0.2) is 48.5 Å². The number of rotatable bonds is 7. The lowest BCUT2D eigenvalue weighted by Gasteiger charge is -2.22. The maximum Gasteiger partial charge on any atom is 0.344 e. The normalized spacial score (nSPS) is 18.5. The average molecular weight is 414 g/mol. The highest BCUT2D eigenvalue weighted by molar-refractivity contribution is 6.08. The molecule has 1 heterocycles. The van der Waals surface area contributed by atoms with E-state index in [1.54, 1.807) is 55.3 Å². The highest BCUT2D eigenvalue weighted by Gasteiger charge is 2.49. The zero-order chi connectivity index (χ0) is 21.9. The van der Waals surface area contributed by atoms with Crippen LogP contribution in [0.2, 0.25) is 0 Å². The molecular weight excluding hydrogens is 391 g/mol. The molecule has 1 aliphatic rings. The molecule has 1 saturated heterocycles. The van der Waals surface area contributed by atoms with E-state index in [2.05, 4.69) is 10.7 Å². The summed E-state index contributed by atoms with van der Waals surface area (Å²) in [6.07, 6.45) is 0. The fourth-order valence-electron chi connectivity index (χ4n) is 3.29. The fourth-order valence-corrected chi connectivity index (χ4v) is 3.29. The van der Waals surface area contributed by atoms with E-state index >= 15 is 0 Å². The van der Waals surface area contributed by atoms with Crippen LogP contribution in [0.1, 0.15) is 18.1 Å². The predicted molar refractivity (Wildman–Crippen MR) is 107 cm³/mol. The van der Waals surface area contributed by atoms with Crippen molar-refractivity contribution in [3.63, 3.8) is 0 Å². The van der Waals surface area contributed by atoms with Crippen molar-refractivity contribution in [1.29, 1.82) is 0 Å². The monoisotopic (exact) mass is 414 g/mol. The van der Waals surface area contributed by atoms with Gasteiger partial charge < -0.3 is 10.1 Å². The van der Waals surface area contributed by atoms with Gasteiger partial charge in [-0.2, -0.15) is 5.01 Å². The van der Waals surface area contributed by atoms with Gasteiger partial charge in [-0.25, -0.2) is 9.18 Å². The van der Waals surface area contributed by atoms with Crippen molar-refractivity contribution in [3.8, 4) is 5.75 Å². The summed E-state index contributed by atoms with van der Waals surface area (Å²) in [5.74, 6) is -1.48. The first-order valence-electron chi connectivity index (χ1n) is 9.27. The Morgan fingerprint density at radius 2 is 1.93 bits per heavy atom. The Kier molecular flexibility index (Phi) is 6.02. The Hall–Kier alpha value is -3.46. The highest BCUT2D eigenvalue weighted by atomic mass is 19.1. The van der Waals surface area contributed by atoms with Crippen LogP contribution in [0.5, 0.6) is 5.75 Å². The van der Waals surface area contributed by atoms with Gasteiger partial charge in [-0.3, -0.25) is 19.9 Å². The van der Waals surface area contributed by atoms with E-state index < -0.39 is 29.2 Å². The minimum absolute atomic E-state index is 0.104. The van der Waals surface area contributed by atoms with Crippen LogP contribution in [0, 0.1) is 5.82 Å². The van der Waals surface area contributed by atoms with Crippen LogP contribution in [0.3, 0.4) is 0 Å². The minimum atomic E-state index is -1.27. The minimum Gasteiger partial charge on any atom is -0.494 e. The Balaban J connectivity index is 1.61. The lowest BCUT2D eigenvalue weighted by molar-refractivity contribution is -0.139. The van der Waals surface area contributed by atoms with E-state index in [4.69, 9.17) is 4.74 Å². The molecule has 0 radical (unpaired) electrons. The SMILES string of the molecule is COc1ccc(CN(C)CC(=O)NN2C(=O)N[C@](C)(c3ccccc3)C2=O)cc1F. The molecular formula is C21H23FN4O4. The number of ether oxygens (including phenoxy) is 1. The van der Waals surface area contributed by atoms with Gasteiger partial charge in [0.1, 0.15) is 5.54 Å². The van der Waals surface area contributed by atoms with Crippen molar-refractivity contribution in [1.82, 2.24) is 20.7 Å². The predicted octanol–water partition coefficient (Wildman–Crippen LogP) is 1.76. The van der Waals surface area contributed by atoms with Gasteiger partial charge in [0, 0.05) is 6.54 Å². The molecule has 1 aliphatic heterocycles. The quantitative estimate of drug-likeness (QED) is 0.674. The van der Waals surface area contributed by atoms with Gasteiger partial charge in [-0.15, -0.1) is 0 Å². The molecule has 2 aromatic rings. The third-order valence-corrected chi connectivity index (χ3v) is 4.86. The number of imide groups is 1. The lowest BCUT2D eigenvalue weighted by atomic mass is 9.92. The molecule has 9 heteroatoms. The fraction of sp³-hybridized carbons (Fsp3) is 0.286. The number of urea groups is 1. The molecule has 0 saturated carbocycles. The number of methoxy groups -OCH3 is 1. The molecule has 8 nitrogen and oxygen atoms in total. The first kappa shape index (κ1) is 21.3. The Morgan fingerprint density at radius 1 is 1.23 bits per heavy atom. The van der Waals surface area contributed by atoms with E-state index in [0.29, 0.717) is 16.1 Å². The molecule has 2 N–H and O–H groups in total. The number of amides is 4. The molecule has 0 unspecified atom stereocenters. The molecule has 0 spiro atoms. The first-order chi connectivity index (χ1) is 14.2. The average Bonchev–Trinajstić information content (AvgIpc) is 2.92. The van der Waals surface area contributed by atoms with Gasteiger partial charge in [0.25, 0.3) is 11.8 Å². The van der Waals surface area contributed by atoms with Crippen molar-refractivity contribution in [2.75, 3.05) is 20.7 Å². The summed E-state index contributed by atoms with van der Waals surface area (Å²) in [5, 5.41) is 3.31. The summed E-state index contributed by atoms with van der Waals surface area (Å²) in [5.41, 5.74) is 2.34. The summed E-state index contributed by atoms with van der Waals surface area (Å²) in [6, 6.07) is 12.6. The summed E-state index contributed by atoms with van der Waals surface area (Å²) in [6.45, 7) is 1.77. The highest BCUT2D eigenvalue weighted by Crippen LogP contribution is 2.27. The van der Waals surface area contributed by atoms with Crippen LogP contribution < -0.4 is 15.5 Å². The number of carbonyl (C=O) groups is 3. The molecule has 0 aliphatic carbocycles. The van der Waals surface area contributed by atoms with Gasteiger partial charge in [0.05, 0.1) is 13.7 Å². The van der Waals surface area contributed by atoms with Crippen molar-refractivity contribution in [3.05, 3.63) is 65.5 Å². The molecule has 158 valence electrons. The molecule has 30 heavy (non-hydrogen) atoms. The number of hydrazine groups is 1. The lowest BCUT2D eigenvalue weighted by Crippen LogP contribution is -2.50. The van der Waals surface area contributed by atoms with E-state index in [1.165, 1.54) is 19.2 Å². The smallest absolute Gasteiger partial charge is 0.344 e. The maximum atomic E-state index is 13.8. The molecule has 1 fully saturated rings. The molecule has 2 aromatic carbocycles. The third kappa shape index (κ3) is 4.25. The number of benzene rings is 2. The van der Waals surface area contributed by atoms with E-state index in [1.807, 2.05) is 0 Å². The molecule has 0 aromatic heterocycles. The van der Waals surface area contributed by atoms with Crippen molar-refractivity contribution < 1.29 is 23.5 Å². The van der Waals surface area contributed by atoms with Gasteiger partial charge >= 0.3 is 6.03 Å². The number of nitrogens with zero attached hydrogens (tertiary/aromatic N) is 2. The Labute approximate surface area is 173 Å². The number of nitrogens with one attached hydrogen (secondary N) is 2. The van der Waals surface area contributed by atoms with E-state index in [9.17, 15) is 18.8 Å². The van der Waals surface area contributed by atoms with Crippen LogP contribution in [0.15, 0.2) is 48.5 Å². The number of carbonyl (C=O) groups excluding carboxylic acids is 3. The molecule has 3 rings (SSSR count). The summed E-state index contributed by atoms with van der Waals surface area (Å²) in [4.78, 5) is 39.1. The van der Waals surface area contributed by atoms with Gasteiger partial charge in [0.2, 0.25) is 0 Å². The largest absolute Gasteiger partial charge is 0.494 e. The zero-order valence-electron chi connectivity index (χ0n) is 16.9. The second kappa shape index (κ2) is 8.50. The molecule has 0 bridgehead atoms. The van der Waals surface area contributed by atoms with Crippen LogP contribution in [0.4, 0.5) is 9.18 Å². The second-order valence-electron chi connectivity index (χ2n) is 7.24. The Morgan fingerprint density at radius 3 is 2.57 bits per heavy atom. The van der Waals surface area contributed by atoms with E-state index in [0.717, 1.165) is 0 Å². The number of halogens is 1. The maximum absolute atomic E-state index is 13.8. The topological polar surface area (TPSA) is 91.0 Å². The van der Waals surface area contributed by atoms with Crippen molar-refractivity contribution in [2.45, 2.75) is 19.0 Å².